The first-order valence-electron chi connectivity index (χ1n) is 6.26. The van der Waals surface area contributed by atoms with Gasteiger partial charge in [0, 0.05) is 30.8 Å². The summed E-state index contributed by atoms with van der Waals surface area (Å²) in [4.78, 5) is 0. The maximum atomic E-state index is 4.58. The Bertz CT molecular complexity index is 394. The van der Waals surface area contributed by atoms with Crippen LogP contribution in [0, 0.1) is 0 Å². The summed E-state index contributed by atoms with van der Waals surface area (Å²) in [5.41, 5.74) is 3.91. The van der Waals surface area contributed by atoms with E-state index in [9.17, 15) is 0 Å². The van der Waals surface area contributed by atoms with Crippen LogP contribution >= 0.6 is 0 Å². The van der Waals surface area contributed by atoms with Gasteiger partial charge in [-0.25, -0.2) is 0 Å². The van der Waals surface area contributed by atoms with Crippen LogP contribution in [0.15, 0.2) is 11.8 Å². The van der Waals surface area contributed by atoms with Gasteiger partial charge in [-0.05, 0) is 13.5 Å². The number of aryl methyl sites for hydroxylation is 1. The van der Waals surface area contributed by atoms with Crippen LogP contribution in [-0.4, -0.2) is 23.4 Å². The minimum Gasteiger partial charge on any atom is -0.316 e. The number of hydrogen-bond acceptors (Lipinski definition) is 2. The molecule has 3 nitrogen and oxygen atoms in total. The summed E-state index contributed by atoms with van der Waals surface area (Å²) in [6.07, 6.45) is 5.44. The molecule has 0 bridgehead atoms. The second-order valence-electron chi connectivity index (χ2n) is 5.54. The zero-order chi connectivity index (χ0) is 13.1. The summed E-state index contributed by atoms with van der Waals surface area (Å²) in [5, 5.41) is 7.79. The zero-order valence-corrected chi connectivity index (χ0v) is 12.0. The van der Waals surface area contributed by atoms with Crippen LogP contribution in [0.4, 0.5) is 0 Å². The van der Waals surface area contributed by atoms with E-state index in [0.29, 0.717) is 0 Å². The summed E-state index contributed by atoms with van der Waals surface area (Å²) < 4.78 is 1.90. The van der Waals surface area contributed by atoms with Crippen molar-refractivity contribution >= 4 is 6.08 Å². The Morgan fingerprint density at radius 1 is 1.47 bits per heavy atom. The third kappa shape index (κ3) is 3.70. The summed E-state index contributed by atoms with van der Waals surface area (Å²) in [6, 6.07) is 0. The highest BCUT2D eigenvalue weighted by Gasteiger charge is 2.20. The molecule has 96 valence electrons. The maximum Gasteiger partial charge on any atom is 0.0750 e. The molecule has 0 amide bonds. The monoisotopic (exact) mass is 235 g/mol. The summed E-state index contributed by atoms with van der Waals surface area (Å²) in [6.45, 7) is 9.74. The van der Waals surface area contributed by atoms with Crippen molar-refractivity contribution < 1.29 is 0 Å². The average Bonchev–Trinajstić information content (AvgIpc) is 2.58. The van der Waals surface area contributed by atoms with Gasteiger partial charge in [-0.1, -0.05) is 39.3 Å². The van der Waals surface area contributed by atoms with Crippen LogP contribution in [-0.2, 0) is 12.5 Å². The Morgan fingerprint density at radius 2 is 2.12 bits per heavy atom. The molecule has 0 aliphatic rings. The highest BCUT2D eigenvalue weighted by Crippen LogP contribution is 2.26. The fourth-order valence-electron chi connectivity index (χ4n) is 1.92. The Labute approximate surface area is 105 Å². The normalized spacial score (nSPS) is 13.2. The van der Waals surface area contributed by atoms with Crippen LogP contribution in [0.3, 0.4) is 0 Å². The quantitative estimate of drug-likeness (QED) is 0.869. The van der Waals surface area contributed by atoms with Gasteiger partial charge in [0.1, 0.15) is 0 Å². The van der Waals surface area contributed by atoms with Crippen molar-refractivity contribution in [1.29, 1.82) is 0 Å². The van der Waals surface area contributed by atoms with E-state index in [1.165, 1.54) is 16.8 Å². The molecule has 0 aromatic carbocycles. The van der Waals surface area contributed by atoms with Crippen LogP contribution < -0.4 is 5.32 Å². The van der Waals surface area contributed by atoms with E-state index in [-0.39, 0.29) is 5.41 Å². The van der Waals surface area contributed by atoms with Gasteiger partial charge in [-0.2, -0.15) is 5.10 Å². The molecule has 0 atom stereocenters. The van der Waals surface area contributed by atoms with Crippen LogP contribution in [0.1, 0.15) is 45.4 Å². The molecule has 1 N–H and O–H groups in total. The van der Waals surface area contributed by atoms with Crippen LogP contribution in [0.5, 0.6) is 0 Å². The standard InChI is InChI=1S/C14H25N3/c1-7-11(9-15-5)8-12-10-17(6)16-13(12)14(2,3)4/h8,10,15H,7,9H2,1-6H3. The van der Waals surface area contributed by atoms with Crippen molar-refractivity contribution in [2.75, 3.05) is 13.6 Å². The van der Waals surface area contributed by atoms with E-state index < -0.39 is 0 Å². The van der Waals surface area contributed by atoms with E-state index >= 15 is 0 Å². The molecule has 0 saturated carbocycles. The highest BCUT2D eigenvalue weighted by atomic mass is 15.3. The van der Waals surface area contributed by atoms with Gasteiger partial charge in [-0.3, -0.25) is 4.68 Å². The van der Waals surface area contributed by atoms with Crippen molar-refractivity contribution in [2.24, 2.45) is 7.05 Å². The van der Waals surface area contributed by atoms with Crippen LogP contribution in [0.25, 0.3) is 6.08 Å². The highest BCUT2D eigenvalue weighted by molar-refractivity contribution is 5.56. The van der Waals surface area contributed by atoms with Gasteiger partial charge in [-0.15, -0.1) is 0 Å². The molecule has 0 unspecified atom stereocenters. The van der Waals surface area contributed by atoms with Gasteiger partial charge >= 0.3 is 0 Å². The number of likely N-dealkylation sites (N-methyl/N-ethyl adjacent to an activating group) is 1. The molecule has 1 rings (SSSR count). The number of aromatic nitrogens is 2. The maximum absolute atomic E-state index is 4.58. The Morgan fingerprint density at radius 3 is 2.59 bits per heavy atom. The second kappa shape index (κ2) is 5.50. The predicted octanol–water partition coefficient (Wildman–Crippen LogP) is 2.73. The Balaban J connectivity index is 3.13. The molecular weight excluding hydrogens is 210 g/mol. The van der Waals surface area contributed by atoms with Crippen molar-refractivity contribution in [3.8, 4) is 0 Å². The molecule has 1 heterocycles. The molecule has 0 spiro atoms. The van der Waals surface area contributed by atoms with E-state index in [1.54, 1.807) is 0 Å². The molecule has 0 aliphatic heterocycles. The smallest absolute Gasteiger partial charge is 0.0750 e. The first-order chi connectivity index (χ1) is 7.88. The predicted molar refractivity (Wildman–Crippen MR) is 74.1 cm³/mol. The fraction of sp³-hybridized carbons (Fsp3) is 0.643. The summed E-state index contributed by atoms with van der Waals surface area (Å²) in [7, 11) is 3.97. The lowest BCUT2D eigenvalue weighted by Crippen LogP contribution is -2.14. The molecule has 1 aromatic rings. The summed E-state index contributed by atoms with van der Waals surface area (Å²) >= 11 is 0. The largest absolute Gasteiger partial charge is 0.316 e. The fourth-order valence-corrected chi connectivity index (χ4v) is 1.92. The minimum atomic E-state index is 0.0889. The van der Waals surface area contributed by atoms with E-state index in [1.807, 2.05) is 18.8 Å². The van der Waals surface area contributed by atoms with Crippen molar-refractivity contribution in [3.05, 3.63) is 23.0 Å². The number of hydrogen-bond donors (Lipinski definition) is 1. The third-order valence-electron chi connectivity index (χ3n) is 2.79. The van der Waals surface area contributed by atoms with Gasteiger partial charge in [0.2, 0.25) is 0 Å². The number of nitrogens with zero attached hydrogens (tertiary/aromatic N) is 2. The van der Waals surface area contributed by atoms with Crippen molar-refractivity contribution in [1.82, 2.24) is 15.1 Å². The molecule has 0 aliphatic carbocycles. The topological polar surface area (TPSA) is 29.9 Å². The van der Waals surface area contributed by atoms with Gasteiger partial charge in [0.15, 0.2) is 0 Å². The lowest BCUT2D eigenvalue weighted by atomic mass is 9.89. The average molecular weight is 235 g/mol. The SMILES string of the molecule is CCC(=Cc1cn(C)nc1C(C)(C)C)CNC. The lowest BCUT2D eigenvalue weighted by Gasteiger charge is -2.16. The lowest BCUT2D eigenvalue weighted by molar-refractivity contribution is 0.552. The second-order valence-corrected chi connectivity index (χ2v) is 5.54. The summed E-state index contributed by atoms with van der Waals surface area (Å²) in [5.74, 6) is 0. The first kappa shape index (κ1) is 14.0. The third-order valence-corrected chi connectivity index (χ3v) is 2.79. The van der Waals surface area contributed by atoms with Crippen molar-refractivity contribution in [2.45, 2.75) is 39.5 Å². The molecule has 3 heteroatoms. The zero-order valence-electron chi connectivity index (χ0n) is 12.0. The van der Waals surface area contributed by atoms with Crippen LogP contribution in [0.2, 0.25) is 0 Å². The Kier molecular flexibility index (Phi) is 4.52. The Hall–Kier alpha value is -1.09. The van der Waals surface area contributed by atoms with Gasteiger partial charge in [0.05, 0.1) is 5.69 Å². The molecular formula is C14H25N3. The van der Waals surface area contributed by atoms with E-state index in [2.05, 4.69) is 50.4 Å². The van der Waals surface area contributed by atoms with E-state index in [0.717, 1.165) is 13.0 Å². The van der Waals surface area contributed by atoms with Gasteiger partial charge in [0.25, 0.3) is 0 Å². The minimum absolute atomic E-state index is 0.0889. The molecule has 1 aromatic heterocycles. The number of nitrogens with one attached hydrogen (secondary N) is 1. The molecule has 0 fully saturated rings. The van der Waals surface area contributed by atoms with Crippen molar-refractivity contribution in [3.63, 3.8) is 0 Å². The molecule has 17 heavy (non-hydrogen) atoms. The number of rotatable bonds is 4. The molecule has 0 radical (unpaired) electrons. The van der Waals surface area contributed by atoms with Gasteiger partial charge < -0.3 is 5.32 Å². The first-order valence-corrected chi connectivity index (χ1v) is 6.26. The molecule has 0 saturated heterocycles. The van der Waals surface area contributed by atoms with E-state index in [4.69, 9.17) is 0 Å².